The Labute approximate surface area is 113 Å². The fraction of sp³-hybridized carbons (Fsp3) is 0.556. The number of nitrogens with two attached hydrogens (primary N) is 1. The van der Waals surface area contributed by atoms with E-state index in [1.54, 1.807) is 0 Å². The van der Waals surface area contributed by atoms with Crippen LogP contribution in [0.4, 0.5) is 5.82 Å². The molecule has 112 valence electrons. The fourth-order valence-corrected chi connectivity index (χ4v) is 2.18. The third kappa shape index (κ3) is 3.63. The lowest BCUT2D eigenvalue weighted by Crippen LogP contribution is -2.28. The summed E-state index contributed by atoms with van der Waals surface area (Å²) in [6.45, 7) is -0.550. The first-order valence-electron chi connectivity index (χ1n) is 5.63. The molecular formula is C9H13N3O7P-. The van der Waals surface area contributed by atoms with E-state index in [4.69, 9.17) is 15.4 Å². The predicted molar refractivity (Wildman–Crippen MR) is 63.2 cm³/mol. The van der Waals surface area contributed by atoms with Crippen molar-refractivity contribution >= 4 is 13.6 Å². The van der Waals surface area contributed by atoms with Crippen molar-refractivity contribution in [2.75, 3.05) is 12.3 Å². The molecule has 1 unspecified atom stereocenters. The van der Waals surface area contributed by atoms with Crippen LogP contribution in [0, 0.1) is 0 Å². The van der Waals surface area contributed by atoms with E-state index in [-0.39, 0.29) is 12.2 Å². The Morgan fingerprint density at radius 2 is 2.40 bits per heavy atom. The number of hydrogen-bond donors (Lipinski definition) is 3. The van der Waals surface area contributed by atoms with E-state index in [9.17, 15) is 19.4 Å². The average Bonchev–Trinajstić information content (AvgIpc) is 2.67. The molecular weight excluding hydrogens is 293 g/mol. The second-order valence-corrected chi connectivity index (χ2v) is 5.43. The summed E-state index contributed by atoms with van der Waals surface area (Å²) in [5.74, 6) is 0.0530. The van der Waals surface area contributed by atoms with Gasteiger partial charge in [0.05, 0.1) is 12.7 Å². The molecule has 2 rings (SSSR count). The minimum Gasteiger partial charge on any atom is -0.756 e. The Kier molecular flexibility index (Phi) is 4.23. The van der Waals surface area contributed by atoms with Gasteiger partial charge < -0.3 is 29.9 Å². The smallest absolute Gasteiger partial charge is 0.351 e. The Morgan fingerprint density at radius 1 is 1.70 bits per heavy atom. The van der Waals surface area contributed by atoms with Gasteiger partial charge in [0, 0.05) is 12.6 Å². The van der Waals surface area contributed by atoms with Gasteiger partial charge in [0.2, 0.25) is 0 Å². The molecule has 0 radical (unpaired) electrons. The van der Waals surface area contributed by atoms with E-state index in [2.05, 4.69) is 9.51 Å². The Hall–Kier alpha value is -1.29. The second kappa shape index (κ2) is 5.60. The minimum absolute atomic E-state index is 0.0497. The molecule has 0 aromatic carbocycles. The second-order valence-electron chi connectivity index (χ2n) is 4.24. The van der Waals surface area contributed by atoms with Crippen LogP contribution in [0.5, 0.6) is 0 Å². The summed E-state index contributed by atoms with van der Waals surface area (Å²) in [4.78, 5) is 34.1. The molecule has 2 heterocycles. The number of aliphatic hydroxyl groups excluding tert-OH is 1. The molecule has 10 nitrogen and oxygen atoms in total. The Balaban J connectivity index is 2.06. The molecule has 1 aromatic rings. The van der Waals surface area contributed by atoms with Crippen LogP contribution in [-0.4, -0.2) is 38.4 Å². The number of ether oxygens (including phenoxy) is 1. The van der Waals surface area contributed by atoms with Crippen molar-refractivity contribution in [3.63, 3.8) is 0 Å². The number of hydrogen-bond acceptors (Lipinski definition) is 8. The van der Waals surface area contributed by atoms with E-state index in [0.717, 1.165) is 4.57 Å². The summed E-state index contributed by atoms with van der Waals surface area (Å²) in [6, 6.07) is 1.39. The zero-order valence-corrected chi connectivity index (χ0v) is 11.1. The first kappa shape index (κ1) is 15.1. The molecule has 0 amide bonds. The molecule has 0 aliphatic carbocycles. The van der Waals surface area contributed by atoms with E-state index in [0.29, 0.717) is 0 Å². The molecule has 4 atom stereocenters. The van der Waals surface area contributed by atoms with Crippen LogP contribution in [0.3, 0.4) is 0 Å². The van der Waals surface area contributed by atoms with Crippen molar-refractivity contribution in [2.24, 2.45) is 0 Å². The normalized spacial score (nSPS) is 29.2. The summed E-state index contributed by atoms with van der Waals surface area (Å²) >= 11 is 0. The third-order valence-electron chi connectivity index (χ3n) is 2.77. The van der Waals surface area contributed by atoms with Crippen LogP contribution in [0.15, 0.2) is 17.1 Å². The number of aliphatic hydroxyl groups is 1. The minimum atomic E-state index is -4.89. The van der Waals surface area contributed by atoms with Gasteiger partial charge in [0.1, 0.15) is 18.1 Å². The van der Waals surface area contributed by atoms with E-state index >= 15 is 0 Å². The zero-order chi connectivity index (χ0) is 14.9. The van der Waals surface area contributed by atoms with Gasteiger partial charge in [-0.15, -0.1) is 0 Å². The molecule has 1 aliphatic heterocycles. The van der Waals surface area contributed by atoms with Crippen LogP contribution in [-0.2, 0) is 13.8 Å². The first-order valence-corrected chi connectivity index (χ1v) is 7.12. The van der Waals surface area contributed by atoms with Gasteiger partial charge in [0.25, 0.3) is 7.82 Å². The maximum atomic E-state index is 11.6. The molecule has 1 fully saturated rings. The van der Waals surface area contributed by atoms with Crippen LogP contribution < -0.4 is 16.3 Å². The lowest BCUT2D eigenvalue weighted by molar-refractivity contribution is -0.222. The Morgan fingerprint density at radius 3 is 3.00 bits per heavy atom. The maximum absolute atomic E-state index is 11.6. The van der Waals surface area contributed by atoms with Crippen LogP contribution in [0.25, 0.3) is 0 Å². The summed E-state index contributed by atoms with van der Waals surface area (Å²) < 4.78 is 21.1. The van der Waals surface area contributed by atoms with Crippen LogP contribution in [0.1, 0.15) is 12.6 Å². The fourth-order valence-electron chi connectivity index (χ4n) is 1.85. The summed E-state index contributed by atoms with van der Waals surface area (Å²) in [5.41, 5.74) is 4.70. The van der Waals surface area contributed by atoms with Crippen molar-refractivity contribution in [2.45, 2.75) is 24.9 Å². The monoisotopic (exact) mass is 306 g/mol. The molecule has 11 heteroatoms. The summed E-state index contributed by atoms with van der Waals surface area (Å²) in [5, 5.41) is 9.72. The number of rotatable bonds is 4. The molecule has 0 spiro atoms. The van der Waals surface area contributed by atoms with Crippen molar-refractivity contribution in [1.29, 1.82) is 0 Å². The standard InChI is InChI=1S/C9H14N3O7P/c10-7-1-2-12(9(14)11-7)8-3-5(13)6(19-8)4-18-20(15,16)17/h1-2,5-6,8,13H,3-4H2,(H2,10,11,14)(H2,15,16,17)/p-1/t5-,6-,8-/m1/s1. The van der Waals surface area contributed by atoms with E-state index in [1.165, 1.54) is 12.3 Å². The van der Waals surface area contributed by atoms with Gasteiger partial charge in [-0.1, -0.05) is 0 Å². The number of nitrogens with zero attached hydrogens (tertiary/aromatic N) is 2. The predicted octanol–water partition coefficient (Wildman–Crippen LogP) is -2.05. The van der Waals surface area contributed by atoms with Crippen LogP contribution >= 0.6 is 7.82 Å². The van der Waals surface area contributed by atoms with Crippen molar-refractivity contribution in [3.05, 3.63) is 22.7 Å². The third-order valence-corrected chi connectivity index (χ3v) is 3.24. The maximum Gasteiger partial charge on any atom is 0.351 e. The largest absolute Gasteiger partial charge is 0.756 e. The molecule has 0 saturated carbocycles. The molecule has 1 aliphatic rings. The van der Waals surface area contributed by atoms with Gasteiger partial charge in [-0.05, 0) is 6.07 Å². The number of nitrogen functional groups attached to an aromatic ring is 1. The lowest BCUT2D eigenvalue weighted by Gasteiger charge is -2.20. The molecule has 20 heavy (non-hydrogen) atoms. The van der Waals surface area contributed by atoms with Gasteiger partial charge in [-0.3, -0.25) is 9.13 Å². The quantitative estimate of drug-likeness (QED) is 0.532. The van der Waals surface area contributed by atoms with Crippen LogP contribution in [0.2, 0.25) is 0 Å². The Bertz CT molecular complexity index is 585. The van der Waals surface area contributed by atoms with Crippen molar-refractivity contribution in [1.82, 2.24) is 9.55 Å². The number of phosphoric ester groups is 1. The lowest BCUT2D eigenvalue weighted by atomic mass is 10.2. The van der Waals surface area contributed by atoms with Crippen molar-refractivity contribution < 1.29 is 28.7 Å². The van der Waals surface area contributed by atoms with Gasteiger partial charge in [-0.25, -0.2) is 4.79 Å². The van der Waals surface area contributed by atoms with Gasteiger partial charge in [0.15, 0.2) is 0 Å². The highest BCUT2D eigenvalue weighted by molar-refractivity contribution is 7.44. The number of anilines is 1. The van der Waals surface area contributed by atoms with Gasteiger partial charge in [-0.2, -0.15) is 4.98 Å². The zero-order valence-electron chi connectivity index (χ0n) is 10.2. The highest BCUT2D eigenvalue weighted by Gasteiger charge is 2.36. The topological polar surface area (TPSA) is 160 Å². The summed E-state index contributed by atoms with van der Waals surface area (Å²) in [6.07, 6.45) is -1.44. The number of aromatic nitrogens is 2. The molecule has 4 N–H and O–H groups in total. The SMILES string of the molecule is Nc1ccn([C@H]2C[C@@H](O)[C@@H](COP(=O)([O-])O)O2)c(=O)n1. The first-order chi connectivity index (χ1) is 9.26. The highest BCUT2D eigenvalue weighted by atomic mass is 31.2. The van der Waals surface area contributed by atoms with Crippen molar-refractivity contribution in [3.8, 4) is 0 Å². The van der Waals surface area contributed by atoms with E-state index < -0.39 is 38.6 Å². The molecule has 1 aromatic heterocycles. The highest BCUT2D eigenvalue weighted by Crippen LogP contribution is 2.34. The summed E-state index contributed by atoms with van der Waals surface area (Å²) in [7, 11) is -4.89. The average molecular weight is 306 g/mol. The number of phosphoric acid groups is 1. The molecule has 1 saturated heterocycles. The van der Waals surface area contributed by atoms with E-state index in [1.807, 2.05) is 0 Å². The van der Waals surface area contributed by atoms with Gasteiger partial charge >= 0.3 is 5.69 Å². The molecule has 0 bridgehead atoms.